The molecule has 0 spiro atoms. The molecule has 0 bridgehead atoms. The molecule has 1 fully saturated rings. The molecule has 0 amide bonds. The van der Waals surface area contributed by atoms with Gasteiger partial charge in [-0.2, -0.15) is 0 Å². The van der Waals surface area contributed by atoms with Crippen LogP contribution in [0.5, 0.6) is 5.75 Å². The highest BCUT2D eigenvalue weighted by molar-refractivity contribution is 9.10. The van der Waals surface area contributed by atoms with Crippen LogP contribution in [0.2, 0.25) is 0 Å². The molecule has 168 valence electrons. The highest BCUT2D eigenvalue weighted by Gasteiger charge is 2.28. The van der Waals surface area contributed by atoms with E-state index in [-0.39, 0.29) is 11.9 Å². The first-order valence-corrected chi connectivity index (χ1v) is 12.4. The average Bonchev–Trinajstić information content (AvgIpc) is 3.29. The molecule has 4 rings (SSSR count). The van der Waals surface area contributed by atoms with Gasteiger partial charge in [0, 0.05) is 28.5 Å². The van der Waals surface area contributed by atoms with Gasteiger partial charge in [-0.15, -0.1) is 11.3 Å². The van der Waals surface area contributed by atoms with Crippen molar-refractivity contribution in [3.63, 3.8) is 0 Å². The van der Waals surface area contributed by atoms with Crippen LogP contribution in [-0.4, -0.2) is 31.2 Å². The Balaban J connectivity index is 1.54. The normalized spacial score (nSPS) is 16.1. The van der Waals surface area contributed by atoms with Crippen molar-refractivity contribution < 1.29 is 14.3 Å². The fourth-order valence-corrected chi connectivity index (χ4v) is 5.33. The molecule has 0 saturated carbocycles. The van der Waals surface area contributed by atoms with Crippen LogP contribution in [0.1, 0.15) is 29.5 Å². The molecule has 5 nitrogen and oxygen atoms in total. The molecule has 1 unspecified atom stereocenters. The zero-order valence-electron chi connectivity index (χ0n) is 18.6. The highest BCUT2D eigenvalue weighted by Crippen LogP contribution is 2.36. The summed E-state index contributed by atoms with van der Waals surface area (Å²) in [6.45, 7) is 6.22. The second-order valence-electron chi connectivity index (χ2n) is 8.18. The highest BCUT2D eigenvalue weighted by atomic mass is 79.9. The Morgan fingerprint density at radius 2 is 2.09 bits per heavy atom. The first-order chi connectivity index (χ1) is 15.4. The van der Waals surface area contributed by atoms with Gasteiger partial charge < -0.3 is 14.4 Å². The Hall–Kier alpha value is -2.38. The summed E-state index contributed by atoms with van der Waals surface area (Å²) in [7, 11) is 1.46. The predicted molar refractivity (Wildman–Crippen MR) is 132 cm³/mol. The van der Waals surface area contributed by atoms with Crippen LogP contribution in [0.3, 0.4) is 0 Å². The molecule has 1 aliphatic rings. The molecule has 1 aliphatic heterocycles. The lowest BCUT2D eigenvalue weighted by Crippen LogP contribution is -2.39. The number of nitrogens with zero attached hydrogens (tertiary/aromatic N) is 2. The summed E-state index contributed by atoms with van der Waals surface area (Å²) in [5.41, 5.74) is 5.39. The van der Waals surface area contributed by atoms with Crippen LogP contribution in [0.25, 0.3) is 11.3 Å². The van der Waals surface area contributed by atoms with E-state index in [1.165, 1.54) is 12.7 Å². The van der Waals surface area contributed by atoms with Gasteiger partial charge in [-0.25, -0.2) is 4.98 Å². The third kappa shape index (κ3) is 5.15. The largest absolute Gasteiger partial charge is 0.488 e. The summed E-state index contributed by atoms with van der Waals surface area (Å²) >= 11 is 5.12. The lowest BCUT2D eigenvalue weighted by molar-refractivity contribution is -0.145. The van der Waals surface area contributed by atoms with Crippen molar-refractivity contribution in [2.75, 3.05) is 25.1 Å². The zero-order chi connectivity index (χ0) is 22.7. The Labute approximate surface area is 201 Å². The summed E-state index contributed by atoms with van der Waals surface area (Å²) in [5, 5.41) is 3.01. The summed E-state index contributed by atoms with van der Waals surface area (Å²) in [4.78, 5) is 19.1. The number of anilines is 1. The van der Waals surface area contributed by atoms with Crippen molar-refractivity contribution in [1.82, 2.24) is 4.98 Å². The lowest BCUT2D eigenvalue weighted by Gasteiger charge is -2.30. The smallest absolute Gasteiger partial charge is 0.310 e. The van der Waals surface area contributed by atoms with Gasteiger partial charge in [-0.1, -0.05) is 33.6 Å². The Kier molecular flexibility index (Phi) is 7.16. The van der Waals surface area contributed by atoms with E-state index in [2.05, 4.69) is 64.3 Å². The molecule has 0 N–H and O–H groups in total. The van der Waals surface area contributed by atoms with Gasteiger partial charge in [0.2, 0.25) is 0 Å². The maximum Gasteiger partial charge on any atom is 0.310 e. The third-order valence-corrected chi connectivity index (χ3v) is 7.21. The topological polar surface area (TPSA) is 51.7 Å². The minimum Gasteiger partial charge on any atom is -0.488 e. The van der Waals surface area contributed by atoms with Crippen molar-refractivity contribution in [3.05, 3.63) is 62.9 Å². The molecule has 0 radical (unpaired) electrons. The van der Waals surface area contributed by atoms with Crippen LogP contribution < -0.4 is 9.64 Å². The van der Waals surface area contributed by atoms with Crippen LogP contribution in [0.15, 0.2) is 46.3 Å². The van der Waals surface area contributed by atoms with Crippen molar-refractivity contribution in [2.45, 2.75) is 33.3 Å². The molecular formula is C25H27BrN2O3S. The van der Waals surface area contributed by atoms with Crippen molar-refractivity contribution in [2.24, 2.45) is 5.92 Å². The number of aromatic nitrogens is 1. The van der Waals surface area contributed by atoms with E-state index in [1.54, 1.807) is 11.3 Å². The molecule has 1 atom stereocenters. The standard InChI is InChI=1S/C25H27BrN2O3S/c1-16-6-9-23(31-14-19-7-8-20(26)12-17(19)2)21(11-16)22-15-32-25(27-22)28-10-4-5-18(13-28)24(29)30-3/h6-9,11-12,15,18H,4-5,10,13-14H2,1-3H3. The molecule has 32 heavy (non-hydrogen) atoms. The fourth-order valence-electron chi connectivity index (χ4n) is 3.99. The number of benzene rings is 2. The van der Waals surface area contributed by atoms with E-state index in [4.69, 9.17) is 14.5 Å². The van der Waals surface area contributed by atoms with E-state index < -0.39 is 0 Å². The number of piperidine rings is 1. The number of rotatable bonds is 6. The zero-order valence-corrected chi connectivity index (χ0v) is 21.0. The number of hydrogen-bond donors (Lipinski definition) is 0. The first kappa shape index (κ1) is 22.8. The van der Waals surface area contributed by atoms with Crippen LogP contribution in [0.4, 0.5) is 5.13 Å². The third-order valence-electron chi connectivity index (χ3n) is 5.82. The number of esters is 1. The van der Waals surface area contributed by atoms with E-state index in [0.29, 0.717) is 13.2 Å². The number of thiazole rings is 1. The van der Waals surface area contributed by atoms with Gasteiger partial charge in [0.25, 0.3) is 0 Å². The lowest BCUT2D eigenvalue weighted by atomic mass is 9.99. The van der Waals surface area contributed by atoms with Gasteiger partial charge in [-0.05, 0) is 62.1 Å². The molecule has 1 aromatic heterocycles. The number of ether oxygens (including phenoxy) is 2. The van der Waals surface area contributed by atoms with Gasteiger partial charge >= 0.3 is 5.97 Å². The van der Waals surface area contributed by atoms with Crippen molar-refractivity contribution in [3.8, 4) is 17.0 Å². The van der Waals surface area contributed by atoms with E-state index in [0.717, 1.165) is 57.1 Å². The van der Waals surface area contributed by atoms with Gasteiger partial charge in [0.1, 0.15) is 12.4 Å². The molecule has 0 aliphatic carbocycles. The van der Waals surface area contributed by atoms with Crippen LogP contribution in [-0.2, 0) is 16.1 Å². The Morgan fingerprint density at radius 3 is 2.88 bits per heavy atom. The summed E-state index contributed by atoms with van der Waals surface area (Å²) in [5.74, 6) is 0.595. The van der Waals surface area contributed by atoms with Crippen LogP contribution in [0, 0.1) is 19.8 Å². The van der Waals surface area contributed by atoms with Crippen LogP contribution >= 0.6 is 27.3 Å². The Morgan fingerprint density at radius 1 is 1.25 bits per heavy atom. The Bertz CT molecular complexity index is 1110. The fraction of sp³-hybridized carbons (Fsp3) is 0.360. The number of halogens is 1. The maximum atomic E-state index is 12.0. The van der Waals surface area contributed by atoms with E-state index >= 15 is 0 Å². The second-order valence-corrected chi connectivity index (χ2v) is 9.93. The molecule has 1 saturated heterocycles. The van der Waals surface area contributed by atoms with Crippen molar-refractivity contribution >= 4 is 38.4 Å². The summed E-state index contributed by atoms with van der Waals surface area (Å²) < 4.78 is 12.3. The van der Waals surface area contributed by atoms with Crippen molar-refractivity contribution in [1.29, 1.82) is 0 Å². The minimum absolute atomic E-state index is 0.0897. The SMILES string of the molecule is COC(=O)C1CCCN(c2nc(-c3cc(C)ccc3OCc3ccc(Br)cc3C)cs2)C1. The number of methoxy groups -OCH3 is 1. The predicted octanol–water partition coefficient (Wildman–Crippen LogP) is 6.16. The van der Waals surface area contributed by atoms with Gasteiger partial charge in [-0.3, -0.25) is 4.79 Å². The molecule has 2 heterocycles. The second kappa shape index (κ2) is 10.0. The molecule has 7 heteroatoms. The monoisotopic (exact) mass is 514 g/mol. The van der Waals surface area contributed by atoms with Gasteiger partial charge in [0.05, 0.1) is 18.7 Å². The van der Waals surface area contributed by atoms with E-state index in [9.17, 15) is 4.79 Å². The molecule has 2 aromatic carbocycles. The molecular weight excluding hydrogens is 488 g/mol. The van der Waals surface area contributed by atoms with E-state index in [1.807, 2.05) is 12.1 Å². The van der Waals surface area contributed by atoms with Gasteiger partial charge in [0.15, 0.2) is 5.13 Å². The summed E-state index contributed by atoms with van der Waals surface area (Å²) in [6, 6.07) is 12.4. The quantitative estimate of drug-likeness (QED) is 0.368. The number of carbonyl (C=O) groups is 1. The molecule has 3 aromatic rings. The average molecular weight is 515 g/mol. The number of aryl methyl sites for hydroxylation is 2. The number of hydrogen-bond acceptors (Lipinski definition) is 6. The maximum absolute atomic E-state index is 12.0. The first-order valence-electron chi connectivity index (χ1n) is 10.7. The number of carbonyl (C=O) groups excluding carboxylic acids is 1. The minimum atomic E-state index is -0.135. The summed E-state index contributed by atoms with van der Waals surface area (Å²) in [6.07, 6.45) is 1.83.